The first-order valence-corrected chi connectivity index (χ1v) is 7.63. The molecule has 0 radical (unpaired) electrons. The van der Waals surface area contributed by atoms with Crippen LogP contribution in [0, 0.1) is 5.82 Å². The first kappa shape index (κ1) is 13.5. The number of benzene rings is 1. The van der Waals surface area contributed by atoms with Gasteiger partial charge in [0.25, 0.3) is 0 Å². The molecule has 1 aromatic rings. The molecule has 0 bridgehead atoms. The summed E-state index contributed by atoms with van der Waals surface area (Å²) in [7, 11) is 0. The van der Waals surface area contributed by atoms with Crippen molar-refractivity contribution in [3.05, 3.63) is 34.1 Å². The van der Waals surface area contributed by atoms with Crippen LogP contribution in [0.2, 0.25) is 0 Å². The third-order valence-corrected chi connectivity index (χ3v) is 4.64. The molecule has 3 rings (SSSR count). The van der Waals surface area contributed by atoms with Gasteiger partial charge in [-0.25, -0.2) is 4.39 Å². The highest BCUT2D eigenvalue weighted by Crippen LogP contribution is 2.21. The van der Waals surface area contributed by atoms with Crippen LogP contribution >= 0.6 is 15.9 Å². The fourth-order valence-corrected chi connectivity index (χ4v) is 3.09. The highest BCUT2D eigenvalue weighted by molar-refractivity contribution is 9.10. The molecule has 2 saturated heterocycles. The normalized spacial score (nSPS) is 22.4. The number of halogens is 2. The quantitative estimate of drug-likeness (QED) is 0.911. The van der Waals surface area contributed by atoms with Gasteiger partial charge in [0.05, 0.1) is 4.47 Å². The molecule has 2 fully saturated rings. The Labute approximate surface area is 121 Å². The zero-order valence-corrected chi connectivity index (χ0v) is 12.5. The Kier molecular flexibility index (Phi) is 4.17. The van der Waals surface area contributed by atoms with E-state index in [1.54, 1.807) is 12.1 Å². The Hall–Kier alpha value is -0.490. The second-order valence-electron chi connectivity index (χ2n) is 5.38. The fourth-order valence-electron chi connectivity index (χ4n) is 2.85. The summed E-state index contributed by atoms with van der Waals surface area (Å²) >= 11 is 3.19. The van der Waals surface area contributed by atoms with Crippen LogP contribution in [0.3, 0.4) is 0 Å². The molecule has 0 aliphatic carbocycles. The Morgan fingerprint density at radius 2 is 2.00 bits per heavy atom. The molecule has 104 valence electrons. The van der Waals surface area contributed by atoms with Crippen LogP contribution in [0.25, 0.3) is 0 Å². The standard InChI is InChI=1S/C14H19BrFN3/c15-13-2-1-11(7-14(13)16)8-18-9-12(10-18)19-5-3-17-4-6-19/h1-2,7,12,17H,3-6,8-10H2. The number of nitrogens with zero attached hydrogens (tertiary/aromatic N) is 2. The number of rotatable bonds is 3. The van der Waals surface area contributed by atoms with Gasteiger partial charge in [0, 0.05) is 51.9 Å². The van der Waals surface area contributed by atoms with Crippen LogP contribution in [-0.2, 0) is 6.54 Å². The minimum absolute atomic E-state index is 0.170. The van der Waals surface area contributed by atoms with Gasteiger partial charge in [-0.3, -0.25) is 9.80 Å². The summed E-state index contributed by atoms with van der Waals surface area (Å²) in [5.74, 6) is -0.170. The second kappa shape index (κ2) is 5.87. The maximum atomic E-state index is 13.4. The van der Waals surface area contributed by atoms with E-state index in [1.165, 1.54) is 0 Å². The molecule has 0 unspecified atom stereocenters. The molecular weight excluding hydrogens is 309 g/mol. The zero-order valence-electron chi connectivity index (χ0n) is 10.9. The maximum Gasteiger partial charge on any atom is 0.137 e. The first-order valence-electron chi connectivity index (χ1n) is 6.83. The average molecular weight is 328 g/mol. The average Bonchev–Trinajstić information content (AvgIpc) is 2.38. The van der Waals surface area contributed by atoms with Gasteiger partial charge in [-0.05, 0) is 33.6 Å². The third-order valence-electron chi connectivity index (χ3n) is 4.00. The van der Waals surface area contributed by atoms with Crippen LogP contribution in [0.15, 0.2) is 22.7 Å². The predicted molar refractivity (Wildman–Crippen MR) is 77.6 cm³/mol. The molecule has 0 spiro atoms. The topological polar surface area (TPSA) is 18.5 Å². The van der Waals surface area contributed by atoms with E-state index in [-0.39, 0.29) is 5.82 Å². The van der Waals surface area contributed by atoms with Gasteiger partial charge in [0.15, 0.2) is 0 Å². The number of nitrogens with one attached hydrogen (secondary N) is 1. The Balaban J connectivity index is 1.49. The lowest BCUT2D eigenvalue weighted by molar-refractivity contribution is 0.0222. The number of piperazine rings is 1. The highest BCUT2D eigenvalue weighted by atomic mass is 79.9. The molecule has 19 heavy (non-hydrogen) atoms. The van der Waals surface area contributed by atoms with Crippen molar-refractivity contribution in [2.75, 3.05) is 39.3 Å². The fraction of sp³-hybridized carbons (Fsp3) is 0.571. The smallest absolute Gasteiger partial charge is 0.137 e. The van der Waals surface area contributed by atoms with E-state index in [1.807, 2.05) is 6.07 Å². The Morgan fingerprint density at radius 3 is 2.68 bits per heavy atom. The highest BCUT2D eigenvalue weighted by Gasteiger charge is 2.31. The summed E-state index contributed by atoms with van der Waals surface area (Å²) in [5.41, 5.74) is 1.06. The molecule has 0 amide bonds. The van der Waals surface area contributed by atoms with Crippen molar-refractivity contribution >= 4 is 15.9 Å². The van der Waals surface area contributed by atoms with Crippen LogP contribution < -0.4 is 5.32 Å². The van der Waals surface area contributed by atoms with E-state index in [0.717, 1.165) is 51.4 Å². The van der Waals surface area contributed by atoms with E-state index < -0.39 is 0 Å². The van der Waals surface area contributed by atoms with Gasteiger partial charge >= 0.3 is 0 Å². The minimum atomic E-state index is -0.170. The summed E-state index contributed by atoms with van der Waals surface area (Å²) < 4.78 is 14.0. The molecule has 1 aromatic carbocycles. The largest absolute Gasteiger partial charge is 0.314 e. The van der Waals surface area contributed by atoms with Gasteiger partial charge in [-0.15, -0.1) is 0 Å². The maximum absolute atomic E-state index is 13.4. The van der Waals surface area contributed by atoms with Crippen LogP contribution in [0.4, 0.5) is 4.39 Å². The second-order valence-corrected chi connectivity index (χ2v) is 6.24. The van der Waals surface area contributed by atoms with Crippen molar-refractivity contribution in [3.63, 3.8) is 0 Å². The summed E-state index contributed by atoms with van der Waals surface area (Å²) in [6.07, 6.45) is 0. The van der Waals surface area contributed by atoms with Gasteiger partial charge in [0.2, 0.25) is 0 Å². The lowest BCUT2D eigenvalue weighted by Gasteiger charge is -2.46. The van der Waals surface area contributed by atoms with Gasteiger partial charge < -0.3 is 5.32 Å². The molecule has 3 nitrogen and oxygen atoms in total. The summed E-state index contributed by atoms with van der Waals surface area (Å²) in [5, 5.41) is 3.38. The van der Waals surface area contributed by atoms with Crippen LogP contribution in [-0.4, -0.2) is 55.1 Å². The lowest BCUT2D eigenvalue weighted by atomic mass is 10.0. The third kappa shape index (κ3) is 3.16. The van der Waals surface area contributed by atoms with Crippen molar-refractivity contribution in [2.45, 2.75) is 12.6 Å². The zero-order chi connectivity index (χ0) is 13.2. The number of likely N-dealkylation sites (tertiary alicyclic amines) is 1. The van der Waals surface area contributed by atoms with Gasteiger partial charge in [0.1, 0.15) is 5.82 Å². The molecule has 1 N–H and O–H groups in total. The lowest BCUT2D eigenvalue weighted by Crippen LogP contribution is -2.62. The molecule has 0 aromatic heterocycles. The van der Waals surface area contributed by atoms with Crippen LogP contribution in [0.5, 0.6) is 0 Å². The van der Waals surface area contributed by atoms with Crippen molar-refractivity contribution < 1.29 is 4.39 Å². The molecule has 0 saturated carbocycles. The van der Waals surface area contributed by atoms with Crippen molar-refractivity contribution in [1.29, 1.82) is 0 Å². The number of hydrogen-bond donors (Lipinski definition) is 1. The molecular formula is C14H19BrFN3. The molecule has 2 aliphatic rings. The monoisotopic (exact) mass is 327 g/mol. The molecule has 5 heteroatoms. The minimum Gasteiger partial charge on any atom is -0.314 e. The SMILES string of the molecule is Fc1cc(CN2CC(N3CCNCC3)C2)ccc1Br. The van der Waals surface area contributed by atoms with Gasteiger partial charge in [-0.1, -0.05) is 6.07 Å². The Bertz CT molecular complexity index is 442. The Morgan fingerprint density at radius 1 is 1.26 bits per heavy atom. The first-order chi connectivity index (χ1) is 9.22. The molecule has 2 aliphatic heterocycles. The van der Waals surface area contributed by atoms with E-state index in [0.29, 0.717) is 10.5 Å². The van der Waals surface area contributed by atoms with E-state index in [2.05, 4.69) is 31.0 Å². The van der Waals surface area contributed by atoms with Gasteiger partial charge in [-0.2, -0.15) is 0 Å². The summed E-state index contributed by atoms with van der Waals surface area (Å²) in [6.45, 7) is 7.60. The summed E-state index contributed by atoms with van der Waals surface area (Å²) in [4.78, 5) is 4.95. The van der Waals surface area contributed by atoms with Crippen molar-refractivity contribution in [1.82, 2.24) is 15.1 Å². The number of hydrogen-bond acceptors (Lipinski definition) is 3. The van der Waals surface area contributed by atoms with E-state index >= 15 is 0 Å². The van der Waals surface area contributed by atoms with E-state index in [4.69, 9.17) is 0 Å². The molecule has 2 heterocycles. The van der Waals surface area contributed by atoms with Crippen molar-refractivity contribution in [2.24, 2.45) is 0 Å². The summed E-state index contributed by atoms with van der Waals surface area (Å²) in [6, 6.07) is 6.11. The van der Waals surface area contributed by atoms with E-state index in [9.17, 15) is 4.39 Å². The van der Waals surface area contributed by atoms with Crippen LogP contribution in [0.1, 0.15) is 5.56 Å². The predicted octanol–water partition coefficient (Wildman–Crippen LogP) is 1.68. The van der Waals surface area contributed by atoms with Crippen molar-refractivity contribution in [3.8, 4) is 0 Å². The molecule has 0 atom stereocenters.